The van der Waals surface area contributed by atoms with Crippen LogP contribution in [0.5, 0.6) is 0 Å². The third kappa shape index (κ3) is 5.39. The van der Waals surface area contributed by atoms with Crippen LogP contribution in [0, 0.1) is 6.92 Å². The van der Waals surface area contributed by atoms with Gasteiger partial charge in [0.25, 0.3) is 0 Å². The van der Waals surface area contributed by atoms with E-state index in [0.717, 1.165) is 5.56 Å². The SMILES string of the molecule is CC[C@@H](C)NC(=O)C(=O)NC[C@@H](c1cccnc1)S(=O)(=O)c1ccc(C)cc1. The van der Waals surface area contributed by atoms with E-state index >= 15 is 0 Å². The summed E-state index contributed by atoms with van der Waals surface area (Å²) in [6.45, 7) is 5.29. The Kier molecular flexibility index (Phi) is 7.28. The Morgan fingerprint density at radius 3 is 2.36 bits per heavy atom. The highest BCUT2D eigenvalue weighted by atomic mass is 32.2. The minimum Gasteiger partial charge on any atom is -0.346 e. The summed E-state index contributed by atoms with van der Waals surface area (Å²) in [5.41, 5.74) is 1.37. The summed E-state index contributed by atoms with van der Waals surface area (Å²) in [6, 6.07) is 9.61. The van der Waals surface area contributed by atoms with Crippen LogP contribution in [0.2, 0.25) is 0 Å². The first-order valence-electron chi connectivity index (χ1n) is 9.05. The van der Waals surface area contributed by atoms with Crippen molar-refractivity contribution in [1.29, 1.82) is 0 Å². The van der Waals surface area contributed by atoms with Crippen molar-refractivity contribution in [2.75, 3.05) is 6.54 Å². The number of aromatic nitrogens is 1. The summed E-state index contributed by atoms with van der Waals surface area (Å²) >= 11 is 0. The smallest absolute Gasteiger partial charge is 0.309 e. The molecule has 150 valence electrons. The van der Waals surface area contributed by atoms with E-state index in [1.807, 2.05) is 13.8 Å². The van der Waals surface area contributed by atoms with Crippen LogP contribution in [0.15, 0.2) is 53.7 Å². The van der Waals surface area contributed by atoms with Crippen LogP contribution in [-0.4, -0.2) is 37.8 Å². The van der Waals surface area contributed by atoms with Gasteiger partial charge in [-0.05, 0) is 44.0 Å². The Morgan fingerprint density at radius 1 is 1.11 bits per heavy atom. The Bertz CT molecular complexity index is 912. The van der Waals surface area contributed by atoms with Crippen LogP contribution < -0.4 is 10.6 Å². The Labute approximate surface area is 165 Å². The summed E-state index contributed by atoms with van der Waals surface area (Å²) < 4.78 is 26.3. The van der Waals surface area contributed by atoms with Gasteiger partial charge in [0.1, 0.15) is 5.25 Å². The van der Waals surface area contributed by atoms with Gasteiger partial charge in [-0.1, -0.05) is 30.7 Å². The van der Waals surface area contributed by atoms with E-state index in [0.29, 0.717) is 12.0 Å². The Hall–Kier alpha value is -2.74. The minimum absolute atomic E-state index is 0.144. The second kappa shape index (κ2) is 9.45. The second-order valence-corrected chi connectivity index (χ2v) is 8.76. The van der Waals surface area contributed by atoms with E-state index in [9.17, 15) is 18.0 Å². The van der Waals surface area contributed by atoms with Gasteiger partial charge in [0.2, 0.25) is 0 Å². The van der Waals surface area contributed by atoms with E-state index in [4.69, 9.17) is 0 Å². The van der Waals surface area contributed by atoms with Crippen molar-refractivity contribution < 1.29 is 18.0 Å². The van der Waals surface area contributed by atoms with E-state index in [1.165, 1.54) is 24.5 Å². The van der Waals surface area contributed by atoms with E-state index in [2.05, 4.69) is 15.6 Å². The number of carbonyl (C=O) groups excluding carboxylic acids is 2. The van der Waals surface area contributed by atoms with Crippen LogP contribution in [0.25, 0.3) is 0 Å². The molecule has 2 N–H and O–H groups in total. The molecular formula is C20H25N3O4S. The van der Waals surface area contributed by atoms with Crippen molar-refractivity contribution in [3.63, 3.8) is 0 Å². The third-order valence-electron chi connectivity index (χ3n) is 4.42. The van der Waals surface area contributed by atoms with Gasteiger partial charge in [-0.2, -0.15) is 0 Å². The fourth-order valence-corrected chi connectivity index (χ4v) is 4.17. The lowest BCUT2D eigenvalue weighted by Crippen LogP contribution is -2.45. The van der Waals surface area contributed by atoms with Crippen LogP contribution in [0.1, 0.15) is 36.6 Å². The van der Waals surface area contributed by atoms with Crippen molar-refractivity contribution in [2.45, 2.75) is 43.4 Å². The number of sulfone groups is 1. The number of benzene rings is 1. The molecule has 0 saturated carbocycles. The van der Waals surface area contributed by atoms with Crippen molar-refractivity contribution in [3.05, 3.63) is 59.9 Å². The highest BCUT2D eigenvalue weighted by Gasteiger charge is 2.30. The highest BCUT2D eigenvalue weighted by molar-refractivity contribution is 7.91. The van der Waals surface area contributed by atoms with Crippen molar-refractivity contribution in [3.8, 4) is 0 Å². The molecule has 2 atom stereocenters. The molecule has 0 saturated heterocycles. The molecular weight excluding hydrogens is 378 g/mol. The van der Waals surface area contributed by atoms with E-state index < -0.39 is 26.9 Å². The summed E-state index contributed by atoms with van der Waals surface area (Å²) in [6.07, 6.45) is 3.66. The van der Waals surface area contributed by atoms with Gasteiger partial charge < -0.3 is 10.6 Å². The predicted molar refractivity (Wildman–Crippen MR) is 106 cm³/mol. The molecule has 0 unspecified atom stereocenters. The molecule has 2 rings (SSSR count). The number of aryl methyl sites for hydroxylation is 1. The maximum Gasteiger partial charge on any atom is 0.309 e. The first-order valence-corrected chi connectivity index (χ1v) is 10.6. The molecule has 1 heterocycles. The number of carbonyl (C=O) groups is 2. The highest BCUT2D eigenvalue weighted by Crippen LogP contribution is 2.28. The van der Waals surface area contributed by atoms with E-state index in [1.54, 1.807) is 31.2 Å². The molecule has 0 bridgehead atoms. The van der Waals surface area contributed by atoms with Crippen molar-refractivity contribution in [2.24, 2.45) is 0 Å². The van der Waals surface area contributed by atoms with Crippen LogP contribution in [-0.2, 0) is 19.4 Å². The first kappa shape index (κ1) is 21.6. The summed E-state index contributed by atoms with van der Waals surface area (Å²) in [7, 11) is -3.81. The molecule has 0 aliphatic heterocycles. The fraction of sp³-hybridized carbons (Fsp3) is 0.350. The zero-order valence-electron chi connectivity index (χ0n) is 16.2. The number of nitrogens with zero attached hydrogens (tertiary/aromatic N) is 1. The normalized spacial score (nSPS) is 13.4. The second-order valence-electron chi connectivity index (χ2n) is 6.63. The van der Waals surface area contributed by atoms with Gasteiger partial charge in [0.05, 0.1) is 4.90 Å². The molecule has 0 aliphatic carbocycles. The fourth-order valence-electron chi connectivity index (χ4n) is 2.52. The average molecular weight is 404 g/mol. The standard InChI is InChI=1S/C20H25N3O4S/c1-4-15(3)23-20(25)19(24)22-13-18(16-6-5-11-21-12-16)28(26,27)17-9-7-14(2)8-10-17/h5-12,15,18H,4,13H2,1-3H3,(H,22,24)(H,23,25)/t15-,18+/m1/s1. The molecule has 0 radical (unpaired) electrons. The van der Waals surface area contributed by atoms with Crippen LogP contribution in [0.3, 0.4) is 0 Å². The molecule has 0 spiro atoms. The van der Waals surface area contributed by atoms with Gasteiger partial charge >= 0.3 is 11.8 Å². The summed E-state index contributed by atoms with van der Waals surface area (Å²) in [5, 5.41) is 3.93. The lowest BCUT2D eigenvalue weighted by atomic mass is 10.2. The topological polar surface area (TPSA) is 105 Å². The number of amides is 2. The number of hydrogen-bond donors (Lipinski definition) is 2. The zero-order chi connectivity index (χ0) is 20.7. The molecule has 1 aromatic carbocycles. The van der Waals surface area contributed by atoms with Gasteiger partial charge in [0, 0.05) is 25.0 Å². The first-order chi connectivity index (χ1) is 13.3. The van der Waals surface area contributed by atoms with Crippen molar-refractivity contribution in [1.82, 2.24) is 15.6 Å². The quantitative estimate of drug-likeness (QED) is 0.688. The van der Waals surface area contributed by atoms with Crippen LogP contribution in [0.4, 0.5) is 0 Å². The maximum absolute atomic E-state index is 13.2. The number of hydrogen-bond acceptors (Lipinski definition) is 5. The number of rotatable bonds is 7. The lowest BCUT2D eigenvalue weighted by Gasteiger charge is -2.19. The molecule has 7 nitrogen and oxygen atoms in total. The van der Waals surface area contributed by atoms with Gasteiger partial charge in [-0.3, -0.25) is 14.6 Å². The van der Waals surface area contributed by atoms with Crippen molar-refractivity contribution >= 4 is 21.7 Å². The minimum atomic E-state index is -3.81. The zero-order valence-corrected chi connectivity index (χ0v) is 17.0. The van der Waals surface area contributed by atoms with Gasteiger partial charge in [0.15, 0.2) is 9.84 Å². The summed E-state index contributed by atoms with van der Waals surface area (Å²) in [4.78, 5) is 28.2. The maximum atomic E-state index is 13.2. The van der Waals surface area contributed by atoms with Gasteiger partial charge in [-0.25, -0.2) is 8.42 Å². The predicted octanol–water partition coefficient (Wildman–Crippen LogP) is 1.94. The Balaban J connectivity index is 2.25. The molecule has 2 aromatic rings. The summed E-state index contributed by atoms with van der Waals surface area (Å²) in [5.74, 6) is -1.65. The molecule has 0 aliphatic rings. The number of pyridine rings is 1. The van der Waals surface area contributed by atoms with E-state index in [-0.39, 0.29) is 17.5 Å². The molecule has 28 heavy (non-hydrogen) atoms. The largest absolute Gasteiger partial charge is 0.346 e. The van der Waals surface area contributed by atoms with Crippen LogP contribution >= 0.6 is 0 Å². The molecule has 8 heteroatoms. The molecule has 2 amide bonds. The average Bonchev–Trinajstić information content (AvgIpc) is 2.68. The monoisotopic (exact) mass is 403 g/mol. The molecule has 1 aromatic heterocycles. The lowest BCUT2D eigenvalue weighted by molar-refractivity contribution is -0.139. The number of nitrogens with one attached hydrogen (secondary N) is 2. The van der Waals surface area contributed by atoms with Gasteiger partial charge in [-0.15, -0.1) is 0 Å². The molecule has 0 fully saturated rings. The Morgan fingerprint density at radius 2 is 1.79 bits per heavy atom. The third-order valence-corrected chi connectivity index (χ3v) is 6.54.